The third-order valence-corrected chi connectivity index (χ3v) is 8.09. The van der Waals surface area contributed by atoms with Crippen molar-refractivity contribution in [3.8, 4) is 5.75 Å². The highest BCUT2D eigenvalue weighted by molar-refractivity contribution is 7.89. The van der Waals surface area contributed by atoms with Crippen LogP contribution in [0.5, 0.6) is 5.75 Å². The van der Waals surface area contributed by atoms with Crippen molar-refractivity contribution in [2.75, 3.05) is 18.4 Å². The molecule has 1 saturated carbocycles. The highest BCUT2D eigenvalue weighted by Crippen LogP contribution is 2.33. The number of carbonyl (C=O) groups excluding carboxylic acids is 2. The van der Waals surface area contributed by atoms with E-state index in [2.05, 4.69) is 10.6 Å². The number of rotatable bonds is 4. The van der Waals surface area contributed by atoms with Gasteiger partial charge in [-0.2, -0.15) is 4.31 Å². The zero-order valence-electron chi connectivity index (χ0n) is 17.2. The van der Waals surface area contributed by atoms with Crippen molar-refractivity contribution in [1.82, 2.24) is 9.62 Å². The first-order chi connectivity index (χ1) is 14.3. The SMILES string of the molecule is C[C@@H]1Oc2ccc(S(=O)(=O)N3CCC[C@H](C(=O)NC4CCCCC4)C3)cc2NC1=O. The van der Waals surface area contributed by atoms with E-state index >= 15 is 0 Å². The van der Waals surface area contributed by atoms with Crippen LogP contribution in [0.25, 0.3) is 0 Å². The molecule has 4 rings (SSSR count). The van der Waals surface area contributed by atoms with Gasteiger partial charge in [0.25, 0.3) is 5.91 Å². The van der Waals surface area contributed by atoms with Crippen molar-refractivity contribution in [1.29, 1.82) is 0 Å². The number of hydrogen-bond donors (Lipinski definition) is 2. The summed E-state index contributed by atoms with van der Waals surface area (Å²) in [7, 11) is -3.78. The van der Waals surface area contributed by atoms with Crippen LogP contribution in [-0.2, 0) is 19.6 Å². The summed E-state index contributed by atoms with van der Waals surface area (Å²) < 4.78 is 33.3. The maximum absolute atomic E-state index is 13.2. The van der Waals surface area contributed by atoms with Crippen molar-refractivity contribution in [3.63, 3.8) is 0 Å². The van der Waals surface area contributed by atoms with E-state index in [-0.39, 0.29) is 35.2 Å². The maximum atomic E-state index is 13.2. The van der Waals surface area contributed by atoms with Gasteiger partial charge in [0.1, 0.15) is 5.75 Å². The number of nitrogens with one attached hydrogen (secondary N) is 2. The summed E-state index contributed by atoms with van der Waals surface area (Å²) in [5.41, 5.74) is 0.350. The number of ether oxygens (including phenoxy) is 1. The van der Waals surface area contributed by atoms with E-state index in [1.54, 1.807) is 13.0 Å². The van der Waals surface area contributed by atoms with Crippen LogP contribution in [0.2, 0.25) is 0 Å². The summed E-state index contributed by atoms with van der Waals surface area (Å²) in [5, 5.41) is 5.81. The minimum atomic E-state index is -3.78. The van der Waals surface area contributed by atoms with Gasteiger partial charge in [0, 0.05) is 19.1 Å². The average Bonchev–Trinajstić information content (AvgIpc) is 2.75. The number of carbonyl (C=O) groups is 2. The van der Waals surface area contributed by atoms with Crippen LogP contribution >= 0.6 is 0 Å². The molecule has 0 radical (unpaired) electrons. The van der Waals surface area contributed by atoms with Crippen LogP contribution in [0.4, 0.5) is 5.69 Å². The summed E-state index contributed by atoms with van der Waals surface area (Å²) >= 11 is 0. The van der Waals surface area contributed by atoms with Gasteiger partial charge in [0.05, 0.1) is 16.5 Å². The Morgan fingerprint density at radius 2 is 1.93 bits per heavy atom. The molecule has 0 unspecified atom stereocenters. The molecule has 1 aromatic carbocycles. The van der Waals surface area contributed by atoms with Crippen LogP contribution in [-0.4, -0.2) is 49.8 Å². The molecule has 2 heterocycles. The Balaban J connectivity index is 1.46. The fourth-order valence-electron chi connectivity index (χ4n) is 4.44. The predicted octanol–water partition coefficient (Wildman–Crippen LogP) is 2.26. The molecule has 0 aromatic heterocycles. The highest BCUT2D eigenvalue weighted by Gasteiger charge is 2.35. The second kappa shape index (κ2) is 8.55. The van der Waals surface area contributed by atoms with Gasteiger partial charge in [-0.1, -0.05) is 19.3 Å². The molecule has 1 aliphatic carbocycles. The van der Waals surface area contributed by atoms with Crippen molar-refractivity contribution < 1.29 is 22.7 Å². The highest BCUT2D eigenvalue weighted by atomic mass is 32.2. The van der Waals surface area contributed by atoms with Gasteiger partial charge in [0.15, 0.2) is 6.10 Å². The van der Waals surface area contributed by atoms with E-state index in [1.807, 2.05) is 0 Å². The first-order valence-corrected chi connectivity index (χ1v) is 12.2. The molecular formula is C21H29N3O5S. The second-order valence-electron chi connectivity index (χ2n) is 8.45. The van der Waals surface area contributed by atoms with Crippen LogP contribution < -0.4 is 15.4 Å². The summed E-state index contributed by atoms with van der Waals surface area (Å²) in [6, 6.07) is 4.70. The lowest BCUT2D eigenvalue weighted by Crippen LogP contribution is -2.47. The van der Waals surface area contributed by atoms with Crippen molar-refractivity contribution in [2.45, 2.75) is 68.9 Å². The summed E-state index contributed by atoms with van der Waals surface area (Å²) in [6.07, 6.45) is 6.20. The molecule has 2 fully saturated rings. The first-order valence-electron chi connectivity index (χ1n) is 10.8. The van der Waals surface area contributed by atoms with E-state index in [0.29, 0.717) is 30.8 Å². The maximum Gasteiger partial charge on any atom is 0.265 e. The molecule has 1 aromatic rings. The van der Waals surface area contributed by atoms with Crippen molar-refractivity contribution >= 4 is 27.5 Å². The fraction of sp³-hybridized carbons (Fsp3) is 0.619. The first kappa shape index (κ1) is 21.1. The Morgan fingerprint density at radius 3 is 2.70 bits per heavy atom. The Morgan fingerprint density at radius 1 is 1.17 bits per heavy atom. The number of sulfonamides is 1. The lowest BCUT2D eigenvalue weighted by atomic mass is 9.93. The van der Waals surface area contributed by atoms with E-state index in [1.165, 1.54) is 22.9 Å². The van der Waals surface area contributed by atoms with Crippen LogP contribution in [0, 0.1) is 5.92 Å². The lowest BCUT2D eigenvalue weighted by Gasteiger charge is -2.33. The van der Waals surface area contributed by atoms with Gasteiger partial charge in [-0.3, -0.25) is 9.59 Å². The summed E-state index contributed by atoms with van der Waals surface area (Å²) in [4.78, 5) is 24.7. The van der Waals surface area contributed by atoms with Gasteiger partial charge < -0.3 is 15.4 Å². The van der Waals surface area contributed by atoms with Gasteiger partial charge in [-0.05, 0) is 50.8 Å². The predicted molar refractivity (Wildman–Crippen MR) is 112 cm³/mol. The number of fused-ring (bicyclic) bond motifs is 1. The van der Waals surface area contributed by atoms with Crippen molar-refractivity contribution in [2.24, 2.45) is 5.92 Å². The van der Waals surface area contributed by atoms with Crippen LogP contribution in [0.3, 0.4) is 0 Å². The lowest BCUT2D eigenvalue weighted by molar-refractivity contribution is -0.127. The zero-order valence-corrected chi connectivity index (χ0v) is 18.0. The van der Waals surface area contributed by atoms with Gasteiger partial charge in [-0.25, -0.2) is 8.42 Å². The molecule has 2 atom stereocenters. The van der Waals surface area contributed by atoms with E-state index in [9.17, 15) is 18.0 Å². The number of piperidine rings is 1. The van der Waals surface area contributed by atoms with Crippen molar-refractivity contribution in [3.05, 3.63) is 18.2 Å². The third kappa shape index (κ3) is 4.32. The summed E-state index contributed by atoms with van der Waals surface area (Å²) in [5.74, 6) is -0.238. The molecule has 164 valence electrons. The number of nitrogens with zero attached hydrogens (tertiary/aromatic N) is 1. The molecule has 9 heteroatoms. The molecule has 0 spiro atoms. The van der Waals surface area contributed by atoms with Crippen LogP contribution in [0.15, 0.2) is 23.1 Å². The topological polar surface area (TPSA) is 105 Å². The number of hydrogen-bond acceptors (Lipinski definition) is 5. The number of benzene rings is 1. The quantitative estimate of drug-likeness (QED) is 0.755. The van der Waals surface area contributed by atoms with Gasteiger partial charge >= 0.3 is 0 Å². The normalized spacial score (nSPS) is 25.7. The third-order valence-electron chi connectivity index (χ3n) is 6.23. The Bertz CT molecular complexity index is 927. The zero-order chi connectivity index (χ0) is 21.3. The minimum Gasteiger partial charge on any atom is -0.479 e. The minimum absolute atomic E-state index is 0.0399. The largest absolute Gasteiger partial charge is 0.479 e. The Labute approximate surface area is 177 Å². The van der Waals surface area contributed by atoms with E-state index < -0.39 is 16.1 Å². The smallest absolute Gasteiger partial charge is 0.265 e. The fourth-order valence-corrected chi connectivity index (χ4v) is 5.99. The average molecular weight is 436 g/mol. The van der Waals surface area contributed by atoms with E-state index in [0.717, 1.165) is 25.7 Å². The Hall–Kier alpha value is -2.13. The molecule has 30 heavy (non-hydrogen) atoms. The molecule has 0 bridgehead atoms. The number of amides is 2. The Kier molecular flexibility index (Phi) is 6.02. The van der Waals surface area contributed by atoms with Gasteiger partial charge in [0.2, 0.25) is 15.9 Å². The molecule has 8 nitrogen and oxygen atoms in total. The van der Waals surface area contributed by atoms with Gasteiger partial charge in [-0.15, -0.1) is 0 Å². The van der Waals surface area contributed by atoms with E-state index in [4.69, 9.17) is 4.74 Å². The second-order valence-corrected chi connectivity index (χ2v) is 10.4. The molecule has 2 N–H and O–H groups in total. The molecule has 2 amide bonds. The molecular weight excluding hydrogens is 406 g/mol. The molecule has 2 aliphatic heterocycles. The molecule has 3 aliphatic rings. The number of anilines is 1. The monoisotopic (exact) mass is 435 g/mol. The molecule has 1 saturated heterocycles. The van der Waals surface area contributed by atoms with Crippen LogP contribution in [0.1, 0.15) is 51.9 Å². The summed E-state index contributed by atoms with van der Waals surface area (Å²) in [6.45, 7) is 2.19. The standard InChI is InChI=1S/C21H29N3O5S/c1-14-20(25)23-18-12-17(9-10-19(18)29-14)30(27,28)24-11-5-6-15(13-24)21(26)22-16-7-3-2-4-8-16/h9-10,12,14-16H,2-8,11,13H2,1H3,(H,22,26)(H,23,25)/t14-,15-/m0/s1.